The molecule has 0 N–H and O–H groups in total. The van der Waals surface area contributed by atoms with E-state index in [1.165, 1.54) is 18.5 Å². The summed E-state index contributed by atoms with van der Waals surface area (Å²) in [5.41, 5.74) is 1.12. The van der Waals surface area contributed by atoms with Gasteiger partial charge in [0.2, 0.25) is 0 Å². The molecule has 2 aromatic heterocycles. The summed E-state index contributed by atoms with van der Waals surface area (Å²) in [6, 6.07) is 0. The van der Waals surface area contributed by atoms with Gasteiger partial charge in [-0.05, 0) is 0 Å². The van der Waals surface area contributed by atoms with Crippen LogP contribution in [0.5, 0.6) is 0 Å². The summed E-state index contributed by atoms with van der Waals surface area (Å²) in [4.78, 5) is 4.75. The van der Waals surface area contributed by atoms with Crippen LogP contribution in [0.1, 0.15) is 88.2 Å². The van der Waals surface area contributed by atoms with Crippen molar-refractivity contribution >= 4 is 51.8 Å². The first kappa shape index (κ1) is 23.4. The molecule has 0 aromatic carbocycles. The summed E-state index contributed by atoms with van der Waals surface area (Å²) in [6.45, 7) is 17.7. The number of fused-ring (bicyclic) bond motifs is 1. The molecule has 0 aliphatic rings. The van der Waals surface area contributed by atoms with Crippen LogP contribution in [0.4, 0.5) is 0 Å². The van der Waals surface area contributed by atoms with Crippen molar-refractivity contribution in [3.05, 3.63) is 7.16 Å². The van der Waals surface area contributed by atoms with Crippen LogP contribution in [-0.4, -0.2) is 39.6 Å². The SMILES string of the molecule is CCCCC(CC)CS(=O)(=O)c1nc2c(C(C)(C)C)[te]c(C(C)(C)C)c2s1. The van der Waals surface area contributed by atoms with E-state index in [2.05, 4.69) is 55.4 Å². The molecule has 6 heteroatoms. The van der Waals surface area contributed by atoms with Crippen molar-refractivity contribution in [2.24, 2.45) is 5.92 Å². The molecule has 3 nitrogen and oxygen atoms in total. The Balaban J connectivity index is 2.52. The van der Waals surface area contributed by atoms with E-state index < -0.39 is 30.3 Å². The van der Waals surface area contributed by atoms with E-state index in [0.717, 1.165) is 35.9 Å². The van der Waals surface area contributed by atoms with Crippen LogP contribution in [0.15, 0.2) is 4.34 Å². The van der Waals surface area contributed by atoms with Gasteiger partial charge in [-0.3, -0.25) is 0 Å². The van der Waals surface area contributed by atoms with Crippen LogP contribution in [0.25, 0.3) is 10.2 Å². The molecule has 0 amide bonds. The van der Waals surface area contributed by atoms with E-state index in [0.29, 0.717) is 4.34 Å². The van der Waals surface area contributed by atoms with Crippen LogP contribution >= 0.6 is 11.3 Å². The molecule has 0 radical (unpaired) electrons. The van der Waals surface area contributed by atoms with Gasteiger partial charge in [0, 0.05) is 0 Å². The predicted octanol–water partition coefficient (Wildman–Crippen LogP) is 5.94. The van der Waals surface area contributed by atoms with Gasteiger partial charge in [-0.1, -0.05) is 0 Å². The van der Waals surface area contributed by atoms with Crippen LogP contribution in [-0.2, 0) is 20.7 Å². The number of nitrogens with zero attached hydrogens (tertiary/aromatic N) is 1. The molecule has 1 atom stereocenters. The maximum absolute atomic E-state index is 13.1. The number of sulfone groups is 1. The molecule has 2 aromatic rings. The van der Waals surface area contributed by atoms with E-state index in [-0.39, 0.29) is 22.5 Å². The number of rotatable bonds is 7. The van der Waals surface area contributed by atoms with E-state index in [4.69, 9.17) is 4.98 Å². The van der Waals surface area contributed by atoms with Gasteiger partial charge in [0.05, 0.1) is 0 Å². The summed E-state index contributed by atoms with van der Waals surface area (Å²) >= 11 is 0.970. The average Bonchev–Trinajstić information content (AvgIpc) is 3.08. The first-order valence-electron chi connectivity index (χ1n) is 9.98. The first-order valence-corrected chi connectivity index (χ1v) is 14.8. The van der Waals surface area contributed by atoms with Crippen molar-refractivity contribution in [2.75, 3.05) is 5.75 Å². The quantitative estimate of drug-likeness (QED) is 0.421. The first-order chi connectivity index (χ1) is 12.3. The molecule has 0 fully saturated rings. The summed E-state index contributed by atoms with van der Waals surface area (Å²) in [6.07, 6.45) is 4.11. The molecule has 154 valence electrons. The molecule has 1 unspecified atom stereocenters. The molecule has 0 bridgehead atoms. The van der Waals surface area contributed by atoms with Gasteiger partial charge in [-0.2, -0.15) is 0 Å². The number of thiazole rings is 1. The van der Waals surface area contributed by atoms with Gasteiger partial charge >= 0.3 is 180 Å². The van der Waals surface area contributed by atoms with Crippen LogP contribution in [0.3, 0.4) is 0 Å². The number of hydrogen-bond donors (Lipinski definition) is 0. The zero-order chi connectivity index (χ0) is 20.6. The predicted molar refractivity (Wildman–Crippen MR) is 119 cm³/mol. The van der Waals surface area contributed by atoms with Gasteiger partial charge < -0.3 is 0 Å². The summed E-state index contributed by atoms with van der Waals surface area (Å²) in [5.74, 6) is 0.474. The van der Waals surface area contributed by atoms with E-state index in [9.17, 15) is 8.42 Å². The maximum atomic E-state index is 13.1. The Morgan fingerprint density at radius 2 is 1.63 bits per heavy atom. The second kappa shape index (κ2) is 8.46. The second-order valence-electron chi connectivity index (χ2n) is 9.62. The zero-order valence-electron chi connectivity index (χ0n) is 18.1. The normalized spacial score (nSPS) is 14.8. The summed E-state index contributed by atoms with van der Waals surface area (Å²) in [7, 11) is -3.32. The Morgan fingerprint density at radius 1 is 1.04 bits per heavy atom. The van der Waals surface area contributed by atoms with Crippen LogP contribution in [0, 0.1) is 5.92 Å². The molecule has 0 aliphatic carbocycles. The summed E-state index contributed by atoms with van der Waals surface area (Å²) in [5, 5.41) is 0. The van der Waals surface area contributed by atoms with E-state index in [1.54, 1.807) is 0 Å². The van der Waals surface area contributed by atoms with Gasteiger partial charge in [0.25, 0.3) is 0 Å². The Hall–Kier alpha value is 0.110. The molecular weight excluding hydrogens is 490 g/mol. The molecule has 0 spiro atoms. The third-order valence-corrected chi connectivity index (χ3v) is 14.5. The standard InChI is InChI=1S/C21H35NO2S2Te/c1-9-11-12-14(10-2)13-26(23,24)19-22-15-16(25-19)18(21(6,7)8)27-17(15)20(3,4)5/h14H,9-13H2,1-8H3. The Kier molecular flexibility index (Phi) is 7.33. The Morgan fingerprint density at radius 3 is 2.11 bits per heavy atom. The third kappa shape index (κ3) is 5.38. The molecule has 0 saturated heterocycles. The minimum absolute atomic E-state index is 0.0478. The van der Waals surface area contributed by atoms with Gasteiger partial charge in [0.15, 0.2) is 0 Å². The average molecular weight is 525 g/mol. The third-order valence-electron chi connectivity index (χ3n) is 4.86. The summed E-state index contributed by atoms with van der Waals surface area (Å²) < 4.78 is 30.6. The number of hydrogen-bond acceptors (Lipinski definition) is 4. The monoisotopic (exact) mass is 527 g/mol. The zero-order valence-corrected chi connectivity index (χ0v) is 22.1. The van der Waals surface area contributed by atoms with Gasteiger partial charge in [0.1, 0.15) is 0 Å². The second-order valence-corrected chi connectivity index (χ2v) is 15.7. The molecule has 0 aliphatic heterocycles. The van der Waals surface area contributed by atoms with Crippen molar-refractivity contribution in [3.8, 4) is 0 Å². The Labute approximate surface area is 179 Å². The minimum atomic E-state index is -3.32. The van der Waals surface area contributed by atoms with Crippen LogP contribution < -0.4 is 0 Å². The van der Waals surface area contributed by atoms with E-state index >= 15 is 0 Å². The molecule has 2 rings (SSSR count). The fourth-order valence-electron chi connectivity index (χ4n) is 3.22. The van der Waals surface area contributed by atoms with Crippen molar-refractivity contribution in [2.45, 2.75) is 96.2 Å². The van der Waals surface area contributed by atoms with Crippen molar-refractivity contribution in [1.82, 2.24) is 4.98 Å². The fourth-order valence-corrected chi connectivity index (χ4v) is 10.9. The van der Waals surface area contributed by atoms with Gasteiger partial charge in [-0.15, -0.1) is 0 Å². The molecule has 0 saturated carbocycles. The van der Waals surface area contributed by atoms with Crippen molar-refractivity contribution < 1.29 is 8.42 Å². The fraction of sp³-hybridized carbons (Fsp3) is 0.762. The Bertz CT molecular complexity index is 833. The molecular formula is C21H35NO2S2Te. The molecule has 2 heterocycles. The van der Waals surface area contributed by atoms with Crippen molar-refractivity contribution in [1.29, 1.82) is 0 Å². The number of unbranched alkanes of at least 4 members (excludes halogenated alkanes) is 1. The van der Waals surface area contributed by atoms with Crippen LogP contribution in [0.2, 0.25) is 0 Å². The van der Waals surface area contributed by atoms with Crippen molar-refractivity contribution in [3.63, 3.8) is 0 Å². The molecule has 27 heavy (non-hydrogen) atoms. The topological polar surface area (TPSA) is 47.0 Å². The van der Waals surface area contributed by atoms with Gasteiger partial charge in [-0.25, -0.2) is 0 Å². The number of aromatic nitrogens is 1. The van der Waals surface area contributed by atoms with E-state index in [1.807, 2.05) is 0 Å².